The molecule has 0 aliphatic carbocycles. The van der Waals surface area contributed by atoms with Crippen LogP contribution in [0, 0.1) is 5.82 Å². The molecule has 7 heteroatoms. The molecule has 0 bridgehead atoms. The maximum atomic E-state index is 13.2. The average molecular weight is 432 g/mol. The summed E-state index contributed by atoms with van der Waals surface area (Å²) in [7, 11) is 1.63. The Labute approximate surface area is 185 Å². The molecule has 4 aromatic rings. The van der Waals surface area contributed by atoms with Crippen molar-refractivity contribution in [1.82, 2.24) is 20.6 Å². The molecule has 0 fully saturated rings. The maximum absolute atomic E-state index is 13.2. The molecular weight excluding hydrogens is 407 g/mol. The normalized spacial score (nSPS) is 12.8. The van der Waals surface area contributed by atoms with E-state index in [9.17, 15) is 9.18 Å². The molecule has 1 aromatic heterocycles. The molecule has 0 spiro atoms. The van der Waals surface area contributed by atoms with Gasteiger partial charge < -0.3 is 20.4 Å². The Balaban J connectivity index is 1.53. The second-order valence-corrected chi connectivity index (χ2v) is 7.64. The van der Waals surface area contributed by atoms with Gasteiger partial charge in [-0.25, -0.2) is 14.2 Å². The number of hydrogen-bond donors (Lipinski definition) is 3. The van der Waals surface area contributed by atoms with Gasteiger partial charge in [0.1, 0.15) is 17.4 Å². The third kappa shape index (κ3) is 5.06. The van der Waals surface area contributed by atoms with Crippen molar-refractivity contribution in [1.29, 1.82) is 0 Å². The first-order valence-corrected chi connectivity index (χ1v) is 10.4. The van der Waals surface area contributed by atoms with Gasteiger partial charge in [0, 0.05) is 0 Å². The van der Waals surface area contributed by atoms with Crippen molar-refractivity contribution in [2.45, 2.75) is 25.4 Å². The number of ether oxygens (including phenoxy) is 1. The predicted molar refractivity (Wildman–Crippen MR) is 122 cm³/mol. The predicted octanol–water partition coefficient (Wildman–Crippen LogP) is 5.05. The molecule has 1 heterocycles. The standard InChI is InChI=1S/C25H25FN4O2/c1-16(18-9-11-19(26)12-10-18)27-25(31)30-23(15-17-7-13-20(32-2)14-8-17)24-28-21-5-3-4-6-22(21)29-24/h3-14,16,23H,15H2,1-2H3,(H,28,29)(H2,27,30,31)/t16-,23+/m0/s1. The first-order valence-electron chi connectivity index (χ1n) is 10.4. The Morgan fingerprint density at radius 3 is 2.44 bits per heavy atom. The Kier molecular flexibility index (Phi) is 6.35. The first-order chi connectivity index (χ1) is 15.5. The minimum absolute atomic E-state index is 0.284. The summed E-state index contributed by atoms with van der Waals surface area (Å²) in [5.74, 6) is 1.13. The number of H-pyrrole nitrogens is 1. The van der Waals surface area contributed by atoms with Crippen molar-refractivity contribution in [3.05, 3.63) is 95.6 Å². The summed E-state index contributed by atoms with van der Waals surface area (Å²) in [5.41, 5.74) is 3.59. The average Bonchev–Trinajstić information content (AvgIpc) is 3.24. The maximum Gasteiger partial charge on any atom is 0.315 e. The number of nitrogens with one attached hydrogen (secondary N) is 3. The largest absolute Gasteiger partial charge is 0.497 e. The van der Waals surface area contributed by atoms with Crippen LogP contribution in [0.1, 0.15) is 36.0 Å². The van der Waals surface area contributed by atoms with E-state index in [0.29, 0.717) is 12.2 Å². The number of imidazole rings is 1. The monoisotopic (exact) mass is 432 g/mol. The molecule has 0 aliphatic rings. The van der Waals surface area contributed by atoms with Crippen molar-refractivity contribution in [2.24, 2.45) is 0 Å². The van der Waals surface area contributed by atoms with Gasteiger partial charge >= 0.3 is 6.03 Å². The van der Waals surface area contributed by atoms with Crippen LogP contribution < -0.4 is 15.4 Å². The number of carbonyl (C=O) groups excluding carboxylic acids is 1. The van der Waals surface area contributed by atoms with Crippen LogP contribution in [0.15, 0.2) is 72.8 Å². The van der Waals surface area contributed by atoms with E-state index in [4.69, 9.17) is 4.74 Å². The summed E-state index contributed by atoms with van der Waals surface area (Å²) in [5, 5.41) is 5.95. The lowest BCUT2D eigenvalue weighted by molar-refractivity contribution is 0.233. The number of benzene rings is 3. The van der Waals surface area contributed by atoms with Gasteiger partial charge in [-0.05, 0) is 60.9 Å². The molecule has 3 aromatic carbocycles. The minimum atomic E-state index is -0.379. The molecule has 164 valence electrons. The number of nitrogens with zero attached hydrogens (tertiary/aromatic N) is 1. The highest BCUT2D eigenvalue weighted by Gasteiger charge is 2.20. The number of aromatic amines is 1. The number of para-hydroxylation sites is 2. The number of rotatable bonds is 7. The zero-order valence-corrected chi connectivity index (χ0v) is 17.9. The van der Waals surface area contributed by atoms with E-state index >= 15 is 0 Å². The number of urea groups is 1. The highest BCUT2D eigenvalue weighted by Crippen LogP contribution is 2.22. The zero-order chi connectivity index (χ0) is 22.5. The van der Waals surface area contributed by atoms with Gasteiger partial charge in [0.2, 0.25) is 0 Å². The van der Waals surface area contributed by atoms with Crippen molar-refractivity contribution >= 4 is 17.1 Å². The minimum Gasteiger partial charge on any atom is -0.497 e. The Morgan fingerprint density at radius 1 is 1.03 bits per heavy atom. The third-order valence-corrected chi connectivity index (χ3v) is 5.36. The zero-order valence-electron chi connectivity index (χ0n) is 17.9. The summed E-state index contributed by atoms with van der Waals surface area (Å²) in [6.07, 6.45) is 0.544. The van der Waals surface area contributed by atoms with Crippen LogP contribution in [0.5, 0.6) is 5.75 Å². The topological polar surface area (TPSA) is 79.0 Å². The smallest absolute Gasteiger partial charge is 0.315 e. The summed E-state index contributed by atoms with van der Waals surface area (Å²) in [6, 6.07) is 20.5. The molecular formula is C25H25FN4O2. The highest BCUT2D eigenvalue weighted by atomic mass is 19.1. The fourth-order valence-electron chi connectivity index (χ4n) is 3.58. The van der Waals surface area contributed by atoms with E-state index in [1.165, 1.54) is 12.1 Å². The van der Waals surface area contributed by atoms with E-state index < -0.39 is 0 Å². The number of halogens is 1. The fourth-order valence-corrected chi connectivity index (χ4v) is 3.58. The highest BCUT2D eigenvalue weighted by molar-refractivity contribution is 5.76. The number of aromatic nitrogens is 2. The number of methoxy groups -OCH3 is 1. The molecule has 6 nitrogen and oxygen atoms in total. The SMILES string of the molecule is COc1ccc(C[C@@H](NC(=O)N[C@@H](C)c2ccc(F)cc2)c2nc3ccccc3[nH]2)cc1. The summed E-state index contributed by atoms with van der Waals surface area (Å²) in [6.45, 7) is 1.85. The Bertz CT molecular complexity index is 1160. The lowest BCUT2D eigenvalue weighted by Gasteiger charge is -2.20. The van der Waals surface area contributed by atoms with Crippen molar-refractivity contribution < 1.29 is 13.9 Å². The van der Waals surface area contributed by atoms with Gasteiger partial charge in [0.05, 0.1) is 30.2 Å². The fraction of sp³-hybridized carbons (Fsp3) is 0.200. The molecule has 4 rings (SSSR count). The van der Waals surface area contributed by atoms with Gasteiger partial charge in [-0.1, -0.05) is 36.4 Å². The van der Waals surface area contributed by atoms with E-state index in [1.54, 1.807) is 19.2 Å². The quantitative estimate of drug-likeness (QED) is 0.382. The Hall–Kier alpha value is -3.87. The van der Waals surface area contributed by atoms with Crippen LogP contribution >= 0.6 is 0 Å². The first kappa shape index (κ1) is 21.4. The molecule has 2 atom stereocenters. The van der Waals surface area contributed by atoms with Gasteiger partial charge in [0.15, 0.2) is 0 Å². The number of fused-ring (bicyclic) bond motifs is 1. The summed E-state index contributed by atoms with van der Waals surface area (Å²) >= 11 is 0. The van der Waals surface area contributed by atoms with Gasteiger partial charge in [-0.3, -0.25) is 0 Å². The number of carbonyl (C=O) groups is 1. The van der Waals surface area contributed by atoms with E-state index in [2.05, 4.69) is 20.6 Å². The van der Waals surface area contributed by atoms with Crippen LogP contribution in [-0.4, -0.2) is 23.1 Å². The van der Waals surface area contributed by atoms with Crippen molar-refractivity contribution in [3.63, 3.8) is 0 Å². The number of amides is 2. The van der Waals surface area contributed by atoms with Crippen molar-refractivity contribution in [2.75, 3.05) is 7.11 Å². The molecule has 3 N–H and O–H groups in total. The molecule has 0 saturated heterocycles. The lowest BCUT2D eigenvalue weighted by Crippen LogP contribution is -2.40. The molecule has 32 heavy (non-hydrogen) atoms. The van der Waals surface area contributed by atoms with E-state index in [-0.39, 0.29) is 23.9 Å². The van der Waals surface area contributed by atoms with Crippen LogP contribution in [-0.2, 0) is 6.42 Å². The lowest BCUT2D eigenvalue weighted by atomic mass is 10.1. The van der Waals surface area contributed by atoms with Gasteiger partial charge in [-0.2, -0.15) is 0 Å². The Morgan fingerprint density at radius 2 is 1.75 bits per heavy atom. The van der Waals surface area contributed by atoms with E-state index in [0.717, 1.165) is 27.9 Å². The van der Waals surface area contributed by atoms with Crippen molar-refractivity contribution in [3.8, 4) is 5.75 Å². The number of hydrogen-bond acceptors (Lipinski definition) is 3. The third-order valence-electron chi connectivity index (χ3n) is 5.36. The van der Waals surface area contributed by atoms with Gasteiger partial charge in [0.25, 0.3) is 0 Å². The second-order valence-electron chi connectivity index (χ2n) is 7.64. The summed E-state index contributed by atoms with van der Waals surface area (Å²) < 4.78 is 18.4. The van der Waals surface area contributed by atoms with Crippen LogP contribution in [0.2, 0.25) is 0 Å². The summed E-state index contributed by atoms with van der Waals surface area (Å²) in [4.78, 5) is 20.8. The molecule has 0 radical (unpaired) electrons. The molecule has 2 amide bonds. The molecule has 0 unspecified atom stereocenters. The molecule has 0 aliphatic heterocycles. The van der Waals surface area contributed by atoms with Crippen LogP contribution in [0.4, 0.5) is 9.18 Å². The van der Waals surface area contributed by atoms with Gasteiger partial charge in [-0.15, -0.1) is 0 Å². The molecule has 0 saturated carbocycles. The second kappa shape index (κ2) is 9.51. The van der Waals surface area contributed by atoms with Crippen LogP contribution in [0.25, 0.3) is 11.0 Å². The van der Waals surface area contributed by atoms with Crippen LogP contribution in [0.3, 0.4) is 0 Å². The van der Waals surface area contributed by atoms with E-state index in [1.807, 2.05) is 55.5 Å².